The third-order valence-electron chi connectivity index (χ3n) is 5.20. The number of benzene rings is 1. The SMILES string of the molecule is Cc1nc(-c2ccc(C(=O)N3CCC(Cn4ccnc4C)CC3)cc2)no1. The van der Waals surface area contributed by atoms with E-state index in [1.165, 1.54) is 0 Å². The summed E-state index contributed by atoms with van der Waals surface area (Å²) in [5.41, 5.74) is 1.54. The average molecular weight is 365 g/mol. The molecule has 0 N–H and O–H groups in total. The van der Waals surface area contributed by atoms with E-state index in [9.17, 15) is 4.79 Å². The monoisotopic (exact) mass is 365 g/mol. The van der Waals surface area contributed by atoms with Crippen molar-refractivity contribution in [1.82, 2.24) is 24.6 Å². The molecule has 3 heterocycles. The van der Waals surface area contributed by atoms with E-state index >= 15 is 0 Å². The largest absolute Gasteiger partial charge is 0.339 e. The molecule has 0 radical (unpaired) electrons. The molecular formula is C20H23N5O2. The maximum atomic E-state index is 12.8. The fraction of sp³-hybridized carbons (Fsp3) is 0.400. The number of rotatable bonds is 4. The number of carbonyl (C=O) groups is 1. The number of imidazole rings is 1. The standard InChI is InChI=1S/C20H23N5O2/c1-14-21-9-12-25(14)13-16-7-10-24(11-8-16)20(26)18-5-3-17(4-6-18)19-22-15(2)27-23-19/h3-6,9,12,16H,7-8,10-11,13H2,1-2H3. The van der Waals surface area contributed by atoms with Gasteiger partial charge in [-0.25, -0.2) is 4.98 Å². The van der Waals surface area contributed by atoms with Crippen LogP contribution in [0.2, 0.25) is 0 Å². The van der Waals surface area contributed by atoms with Crippen molar-refractivity contribution in [3.05, 3.63) is 53.9 Å². The normalized spacial score (nSPS) is 15.3. The fourth-order valence-corrected chi connectivity index (χ4v) is 3.55. The van der Waals surface area contributed by atoms with E-state index in [-0.39, 0.29) is 5.91 Å². The van der Waals surface area contributed by atoms with Gasteiger partial charge in [0.1, 0.15) is 5.82 Å². The summed E-state index contributed by atoms with van der Waals surface area (Å²) < 4.78 is 7.20. The van der Waals surface area contributed by atoms with Gasteiger partial charge in [0.05, 0.1) is 0 Å². The Morgan fingerprint density at radius 3 is 2.52 bits per heavy atom. The zero-order chi connectivity index (χ0) is 18.8. The fourth-order valence-electron chi connectivity index (χ4n) is 3.55. The van der Waals surface area contributed by atoms with Crippen molar-refractivity contribution in [2.75, 3.05) is 13.1 Å². The molecule has 0 saturated carbocycles. The first-order chi connectivity index (χ1) is 13.1. The highest BCUT2D eigenvalue weighted by atomic mass is 16.5. The molecule has 3 aromatic rings. The molecule has 2 aromatic heterocycles. The molecule has 27 heavy (non-hydrogen) atoms. The van der Waals surface area contributed by atoms with Crippen LogP contribution in [0, 0.1) is 19.8 Å². The number of nitrogens with zero attached hydrogens (tertiary/aromatic N) is 5. The lowest BCUT2D eigenvalue weighted by atomic mass is 9.96. The molecule has 1 aliphatic rings. The van der Waals surface area contributed by atoms with Crippen LogP contribution in [0.25, 0.3) is 11.4 Å². The van der Waals surface area contributed by atoms with Gasteiger partial charge in [-0.3, -0.25) is 4.79 Å². The highest BCUT2D eigenvalue weighted by Gasteiger charge is 2.24. The van der Waals surface area contributed by atoms with Crippen LogP contribution in [0.3, 0.4) is 0 Å². The lowest BCUT2D eigenvalue weighted by Gasteiger charge is -2.32. The minimum Gasteiger partial charge on any atom is -0.339 e. The summed E-state index contributed by atoms with van der Waals surface area (Å²) >= 11 is 0. The minimum atomic E-state index is 0.0862. The molecule has 1 saturated heterocycles. The molecule has 1 amide bonds. The van der Waals surface area contributed by atoms with E-state index in [2.05, 4.69) is 19.7 Å². The summed E-state index contributed by atoms with van der Waals surface area (Å²) in [5.74, 6) is 2.79. The first-order valence-electron chi connectivity index (χ1n) is 9.28. The highest BCUT2D eigenvalue weighted by molar-refractivity contribution is 5.94. The van der Waals surface area contributed by atoms with Gasteiger partial charge in [0.2, 0.25) is 11.7 Å². The number of aromatic nitrogens is 4. The van der Waals surface area contributed by atoms with Crippen LogP contribution in [0.1, 0.15) is 34.9 Å². The first kappa shape index (κ1) is 17.5. The Hall–Kier alpha value is -2.96. The number of amides is 1. The molecular weight excluding hydrogens is 342 g/mol. The lowest BCUT2D eigenvalue weighted by molar-refractivity contribution is 0.0682. The molecule has 1 fully saturated rings. The van der Waals surface area contributed by atoms with Crippen LogP contribution in [-0.4, -0.2) is 43.6 Å². The molecule has 1 aliphatic heterocycles. The molecule has 0 spiro atoms. The quantitative estimate of drug-likeness (QED) is 0.710. The average Bonchev–Trinajstić information content (AvgIpc) is 3.30. The third kappa shape index (κ3) is 3.77. The molecule has 7 heteroatoms. The molecule has 0 aliphatic carbocycles. The number of hydrogen-bond donors (Lipinski definition) is 0. The summed E-state index contributed by atoms with van der Waals surface area (Å²) in [7, 11) is 0. The number of aryl methyl sites for hydroxylation is 2. The smallest absolute Gasteiger partial charge is 0.253 e. The van der Waals surface area contributed by atoms with Crippen molar-refractivity contribution in [1.29, 1.82) is 0 Å². The van der Waals surface area contributed by atoms with Crippen molar-refractivity contribution in [3.63, 3.8) is 0 Å². The summed E-state index contributed by atoms with van der Waals surface area (Å²) in [6.07, 6.45) is 5.90. The topological polar surface area (TPSA) is 77.1 Å². The summed E-state index contributed by atoms with van der Waals surface area (Å²) in [5, 5.41) is 3.91. The Labute approximate surface area is 158 Å². The van der Waals surface area contributed by atoms with E-state index in [0.29, 0.717) is 23.2 Å². The molecule has 140 valence electrons. The molecule has 7 nitrogen and oxygen atoms in total. The van der Waals surface area contributed by atoms with Gasteiger partial charge >= 0.3 is 0 Å². The van der Waals surface area contributed by atoms with Gasteiger partial charge in [-0.1, -0.05) is 17.3 Å². The number of carbonyl (C=O) groups excluding carboxylic acids is 1. The molecule has 1 aromatic carbocycles. The van der Waals surface area contributed by atoms with Gasteiger partial charge in [-0.15, -0.1) is 0 Å². The van der Waals surface area contributed by atoms with E-state index in [0.717, 1.165) is 43.9 Å². The Morgan fingerprint density at radius 1 is 1.19 bits per heavy atom. The van der Waals surface area contributed by atoms with Gasteiger partial charge in [-0.05, 0) is 37.8 Å². The van der Waals surface area contributed by atoms with Gasteiger partial charge in [-0.2, -0.15) is 4.98 Å². The predicted molar refractivity (Wildman–Crippen MR) is 100 cm³/mol. The van der Waals surface area contributed by atoms with Crippen LogP contribution >= 0.6 is 0 Å². The minimum absolute atomic E-state index is 0.0862. The Bertz CT molecular complexity index is 920. The molecule has 0 atom stereocenters. The summed E-state index contributed by atoms with van der Waals surface area (Å²) in [6.45, 7) is 6.35. The van der Waals surface area contributed by atoms with Crippen molar-refractivity contribution in [2.24, 2.45) is 5.92 Å². The maximum absolute atomic E-state index is 12.8. The third-order valence-corrected chi connectivity index (χ3v) is 5.20. The van der Waals surface area contributed by atoms with Crippen LogP contribution < -0.4 is 0 Å². The van der Waals surface area contributed by atoms with E-state index < -0.39 is 0 Å². The summed E-state index contributed by atoms with van der Waals surface area (Å²) in [4.78, 5) is 23.2. The van der Waals surface area contributed by atoms with E-state index in [1.807, 2.05) is 48.5 Å². The van der Waals surface area contributed by atoms with Crippen LogP contribution in [0.5, 0.6) is 0 Å². The Morgan fingerprint density at radius 2 is 1.93 bits per heavy atom. The Kier molecular flexibility index (Phi) is 4.75. The molecule has 4 rings (SSSR count). The lowest BCUT2D eigenvalue weighted by Crippen LogP contribution is -2.39. The molecule has 0 bridgehead atoms. The maximum Gasteiger partial charge on any atom is 0.253 e. The van der Waals surface area contributed by atoms with Crippen LogP contribution in [-0.2, 0) is 6.54 Å². The highest BCUT2D eigenvalue weighted by Crippen LogP contribution is 2.22. The zero-order valence-corrected chi connectivity index (χ0v) is 15.6. The van der Waals surface area contributed by atoms with Crippen molar-refractivity contribution in [3.8, 4) is 11.4 Å². The van der Waals surface area contributed by atoms with Gasteiger partial charge in [0, 0.05) is 50.1 Å². The van der Waals surface area contributed by atoms with Crippen LogP contribution in [0.15, 0.2) is 41.2 Å². The number of hydrogen-bond acceptors (Lipinski definition) is 5. The second-order valence-corrected chi connectivity index (χ2v) is 7.08. The second-order valence-electron chi connectivity index (χ2n) is 7.08. The van der Waals surface area contributed by atoms with E-state index in [1.54, 1.807) is 6.92 Å². The van der Waals surface area contributed by atoms with Crippen molar-refractivity contribution < 1.29 is 9.32 Å². The Balaban J connectivity index is 1.35. The zero-order valence-electron chi connectivity index (χ0n) is 15.6. The first-order valence-corrected chi connectivity index (χ1v) is 9.28. The van der Waals surface area contributed by atoms with Crippen molar-refractivity contribution >= 4 is 5.91 Å². The molecule has 0 unspecified atom stereocenters. The predicted octanol–water partition coefficient (Wildman–Crippen LogP) is 3.10. The van der Waals surface area contributed by atoms with Gasteiger partial charge < -0.3 is 14.0 Å². The summed E-state index contributed by atoms with van der Waals surface area (Å²) in [6, 6.07) is 7.41. The van der Waals surface area contributed by atoms with Gasteiger partial charge in [0.25, 0.3) is 5.91 Å². The van der Waals surface area contributed by atoms with Crippen molar-refractivity contribution in [2.45, 2.75) is 33.2 Å². The van der Waals surface area contributed by atoms with E-state index in [4.69, 9.17) is 4.52 Å². The van der Waals surface area contributed by atoms with Crippen LogP contribution in [0.4, 0.5) is 0 Å². The van der Waals surface area contributed by atoms with Gasteiger partial charge in [0.15, 0.2) is 0 Å². The second kappa shape index (κ2) is 7.34. The number of likely N-dealkylation sites (tertiary alicyclic amines) is 1. The number of piperidine rings is 1.